The number of carbonyl (C=O) groups excluding carboxylic acids is 4. The molecule has 1 aliphatic rings. The zero-order valence-corrected chi connectivity index (χ0v) is 12.0. The summed E-state index contributed by atoms with van der Waals surface area (Å²) >= 11 is 0. The van der Waals surface area contributed by atoms with Gasteiger partial charge in [0.2, 0.25) is 0 Å². The fraction of sp³-hybridized carbons (Fsp3) is 0.750. The van der Waals surface area contributed by atoms with Crippen LogP contribution in [0.25, 0.3) is 0 Å². The summed E-state index contributed by atoms with van der Waals surface area (Å²) < 4.78 is 0. The standard InChI is InChI=1S/C16H24O4/c17-11-15(12-18)9-7-5-3-1-2-4-6-8-10-16(15,13-19)14-20/h11-14H,1-10H2. The summed E-state index contributed by atoms with van der Waals surface area (Å²) in [5.74, 6) is 0. The summed E-state index contributed by atoms with van der Waals surface area (Å²) in [6.45, 7) is 0. The van der Waals surface area contributed by atoms with Crippen molar-refractivity contribution in [3.05, 3.63) is 0 Å². The van der Waals surface area contributed by atoms with E-state index in [2.05, 4.69) is 0 Å². The van der Waals surface area contributed by atoms with Crippen molar-refractivity contribution in [2.24, 2.45) is 10.8 Å². The summed E-state index contributed by atoms with van der Waals surface area (Å²) in [6, 6.07) is 0. The molecule has 0 bridgehead atoms. The van der Waals surface area contributed by atoms with Crippen molar-refractivity contribution in [3.8, 4) is 0 Å². The molecule has 4 nitrogen and oxygen atoms in total. The first-order valence-corrected chi connectivity index (χ1v) is 7.55. The van der Waals surface area contributed by atoms with E-state index in [1.165, 1.54) is 12.8 Å². The Hall–Kier alpha value is -1.32. The van der Waals surface area contributed by atoms with Gasteiger partial charge in [-0.1, -0.05) is 51.4 Å². The average molecular weight is 280 g/mol. The van der Waals surface area contributed by atoms with Crippen LogP contribution < -0.4 is 0 Å². The van der Waals surface area contributed by atoms with Crippen LogP contribution in [0.4, 0.5) is 0 Å². The van der Waals surface area contributed by atoms with Crippen LogP contribution in [-0.2, 0) is 19.2 Å². The lowest BCUT2D eigenvalue weighted by atomic mass is 9.61. The van der Waals surface area contributed by atoms with Gasteiger partial charge in [-0.2, -0.15) is 0 Å². The summed E-state index contributed by atoms with van der Waals surface area (Å²) in [7, 11) is 0. The van der Waals surface area contributed by atoms with Gasteiger partial charge in [0.15, 0.2) is 0 Å². The van der Waals surface area contributed by atoms with E-state index >= 15 is 0 Å². The molecule has 0 amide bonds. The Kier molecular flexibility index (Phi) is 6.76. The van der Waals surface area contributed by atoms with Gasteiger partial charge in [0, 0.05) is 0 Å². The van der Waals surface area contributed by atoms with Crippen molar-refractivity contribution in [1.29, 1.82) is 0 Å². The van der Waals surface area contributed by atoms with Gasteiger partial charge in [0.1, 0.15) is 36.0 Å². The third kappa shape index (κ3) is 3.41. The number of rotatable bonds is 4. The predicted molar refractivity (Wildman–Crippen MR) is 75.3 cm³/mol. The predicted octanol–water partition coefficient (Wildman–Crippen LogP) is 2.67. The van der Waals surface area contributed by atoms with Crippen LogP contribution in [0.2, 0.25) is 0 Å². The highest BCUT2D eigenvalue weighted by atomic mass is 16.1. The second-order valence-corrected chi connectivity index (χ2v) is 5.88. The molecule has 4 heteroatoms. The summed E-state index contributed by atoms with van der Waals surface area (Å²) in [4.78, 5) is 46.1. The fourth-order valence-corrected chi connectivity index (χ4v) is 3.09. The molecule has 20 heavy (non-hydrogen) atoms. The molecule has 1 aliphatic carbocycles. The van der Waals surface area contributed by atoms with Gasteiger partial charge in [-0.25, -0.2) is 0 Å². The number of carbonyl (C=O) groups is 4. The molecule has 0 saturated heterocycles. The first-order valence-electron chi connectivity index (χ1n) is 7.55. The Morgan fingerprint density at radius 3 is 0.950 bits per heavy atom. The van der Waals surface area contributed by atoms with Crippen molar-refractivity contribution in [3.63, 3.8) is 0 Å². The lowest BCUT2D eigenvalue weighted by Gasteiger charge is -2.36. The van der Waals surface area contributed by atoms with Crippen molar-refractivity contribution in [2.75, 3.05) is 0 Å². The van der Waals surface area contributed by atoms with Crippen LogP contribution in [0.5, 0.6) is 0 Å². The molecule has 1 fully saturated rings. The van der Waals surface area contributed by atoms with Gasteiger partial charge >= 0.3 is 0 Å². The van der Waals surface area contributed by atoms with Crippen LogP contribution in [0.1, 0.15) is 64.2 Å². The normalized spacial score (nSPS) is 23.6. The smallest absolute Gasteiger partial charge is 0.134 e. The van der Waals surface area contributed by atoms with E-state index < -0.39 is 10.8 Å². The zero-order valence-electron chi connectivity index (χ0n) is 12.0. The van der Waals surface area contributed by atoms with E-state index in [1.54, 1.807) is 0 Å². The molecule has 0 atom stereocenters. The Morgan fingerprint density at radius 2 is 0.700 bits per heavy atom. The van der Waals surface area contributed by atoms with Gasteiger partial charge in [0.25, 0.3) is 0 Å². The van der Waals surface area contributed by atoms with Gasteiger partial charge in [-0.15, -0.1) is 0 Å². The molecule has 1 saturated carbocycles. The van der Waals surface area contributed by atoms with E-state index in [9.17, 15) is 19.2 Å². The number of hydrogen-bond donors (Lipinski definition) is 0. The van der Waals surface area contributed by atoms with Crippen LogP contribution in [0, 0.1) is 10.8 Å². The number of hydrogen-bond acceptors (Lipinski definition) is 4. The Balaban J connectivity index is 3.05. The first kappa shape index (κ1) is 16.7. The summed E-state index contributed by atoms with van der Waals surface area (Å²) in [5.41, 5.74) is -2.95. The molecule has 1 rings (SSSR count). The van der Waals surface area contributed by atoms with E-state index in [0.29, 0.717) is 38.0 Å². The summed E-state index contributed by atoms with van der Waals surface area (Å²) in [6.07, 6.45) is 10.4. The third-order valence-electron chi connectivity index (χ3n) is 4.64. The molecular formula is C16H24O4. The average Bonchev–Trinajstić information content (AvgIpc) is 2.49. The van der Waals surface area contributed by atoms with Gasteiger partial charge in [0.05, 0.1) is 0 Å². The molecule has 0 spiro atoms. The molecule has 0 aromatic rings. The highest BCUT2D eigenvalue weighted by molar-refractivity contribution is 5.99. The molecule has 0 aromatic heterocycles. The molecule has 0 aliphatic heterocycles. The lowest BCUT2D eigenvalue weighted by Crippen LogP contribution is -2.47. The van der Waals surface area contributed by atoms with E-state index in [1.807, 2.05) is 0 Å². The maximum atomic E-state index is 11.5. The van der Waals surface area contributed by atoms with E-state index in [-0.39, 0.29) is 12.8 Å². The second-order valence-electron chi connectivity index (χ2n) is 5.88. The zero-order chi connectivity index (χ0) is 14.9. The molecule has 112 valence electrons. The Morgan fingerprint density at radius 1 is 0.450 bits per heavy atom. The molecular weight excluding hydrogens is 256 g/mol. The maximum Gasteiger partial charge on any atom is 0.134 e. The van der Waals surface area contributed by atoms with Gasteiger partial charge in [-0.3, -0.25) is 0 Å². The highest BCUT2D eigenvalue weighted by Crippen LogP contribution is 2.42. The largest absolute Gasteiger partial charge is 0.302 e. The highest BCUT2D eigenvalue weighted by Gasteiger charge is 2.51. The van der Waals surface area contributed by atoms with Crippen molar-refractivity contribution in [1.82, 2.24) is 0 Å². The van der Waals surface area contributed by atoms with Crippen molar-refractivity contribution >= 4 is 25.1 Å². The van der Waals surface area contributed by atoms with Gasteiger partial charge in [-0.05, 0) is 12.8 Å². The second kappa shape index (κ2) is 8.08. The minimum absolute atomic E-state index is 0.289. The SMILES string of the molecule is O=CC1(C=O)CCCCCCCCCCC1(C=O)C=O. The molecule has 0 radical (unpaired) electrons. The van der Waals surface area contributed by atoms with Crippen LogP contribution in [0.3, 0.4) is 0 Å². The topological polar surface area (TPSA) is 68.3 Å². The quantitative estimate of drug-likeness (QED) is 0.586. The van der Waals surface area contributed by atoms with Crippen LogP contribution in [-0.4, -0.2) is 25.1 Å². The van der Waals surface area contributed by atoms with Gasteiger partial charge < -0.3 is 19.2 Å². The maximum absolute atomic E-state index is 11.5. The Bertz CT molecular complexity index is 298. The molecule has 0 N–H and O–H groups in total. The molecule has 0 aromatic carbocycles. The van der Waals surface area contributed by atoms with Crippen molar-refractivity contribution < 1.29 is 19.2 Å². The third-order valence-corrected chi connectivity index (χ3v) is 4.64. The molecule has 0 heterocycles. The number of aldehydes is 4. The first-order chi connectivity index (χ1) is 9.70. The lowest BCUT2D eigenvalue weighted by molar-refractivity contribution is -0.148. The minimum Gasteiger partial charge on any atom is -0.302 e. The monoisotopic (exact) mass is 280 g/mol. The van der Waals surface area contributed by atoms with Crippen LogP contribution in [0.15, 0.2) is 0 Å². The Labute approximate surface area is 120 Å². The van der Waals surface area contributed by atoms with Crippen LogP contribution >= 0.6 is 0 Å². The molecule has 0 unspecified atom stereocenters. The van der Waals surface area contributed by atoms with Crippen molar-refractivity contribution in [2.45, 2.75) is 64.2 Å². The van der Waals surface area contributed by atoms with E-state index in [4.69, 9.17) is 0 Å². The summed E-state index contributed by atoms with van der Waals surface area (Å²) in [5, 5.41) is 0. The fourth-order valence-electron chi connectivity index (χ4n) is 3.09. The minimum atomic E-state index is -1.48. The van der Waals surface area contributed by atoms with E-state index in [0.717, 1.165) is 25.7 Å².